The zero-order valence-corrected chi connectivity index (χ0v) is 12.4. The van der Waals surface area contributed by atoms with Crippen LogP contribution in [0.25, 0.3) is 0 Å². The van der Waals surface area contributed by atoms with Crippen LogP contribution in [0.15, 0.2) is 6.07 Å². The quantitative estimate of drug-likeness (QED) is 0.875. The summed E-state index contributed by atoms with van der Waals surface area (Å²) in [5.74, 6) is 2.19. The summed E-state index contributed by atoms with van der Waals surface area (Å²) in [6.07, 6.45) is 6.12. The average Bonchev–Trinajstić information content (AvgIpc) is 2.39. The van der Waals surface area contributed by atoms with Crippen molar-refractivity contribution in [1.29, 1.82) is 0 Å². The number of hydrogen-bond acceptors (Lipinski definition) is 4. The molecule has 1 heterocycles. The van der Waals surface area contributed by atoms with Crippen molar-refractivity contribution in [1.82, 2.24) is 9.97 Å². The highest BCUT2D eigenvalue weighted by Crippen LogP contribution is 2.30. The summed E-state index contributed by atoms with van der Waals surface area (Å²) in [6.45, 7) is 6.94. The van der Waals surface area contributed by atoms with Gasteiger partial charge in [-0.2, -0.15) is 0 Å². The average molecular weight is 262 g/mol. The van der Waals surface area contributed by atoms with Crippen molar-refractivity contribution < 1.29 is 0 Å². The molecular formula is C15H26N4. The molecule has 0 bridgehead atoms. The number of nitrogens with zero attached hydrogens (tertiary/aromatic N) is 2. The van der Waals surface area contributed by atoms with Gasteiger partial charge in [0.1, 0.15) is 11.6 Å². The fourth-order valence-corrected chi connectivity index (χ4v) is 2.79. The second kappa shape index (κ2) is 5.87. The molecule has 1 saturated carbocycles. The van der Waals surface area contributed by atoms with Crippen LogP contribution in [0.2, 0.25) is 0 Å². The third kappa shape index (κ3) is 3.44. The fraction of sp³-hybridized carbons (Fsp3) is 0.733. The Kier molecular flexibility index (Phi) is 4.40. The number of rotatable bonds is 4. The number of aryl methyl sites for hydroxylation is 1. The molecule has 0 atom stereocenters. The smallest absolute Gasteiger partial charge is 0.133 e. The van der Waals surface area contributed by atoms with Gasteiger partial charge in [-0.1, -0.05) is 33.1 Å². The Morgan fingerprint density at radius 2 is 1.95 bits per heavy atom. The zero-order chi connectivity index (χ0) is 13.9. The molecule has 0 unspecified atom stereocenters. The summed E-state index contributed by atoms with van der Waals surface area (Å²) in [4.78, 5) is 9.14. The minimum atomic E-state index is 0.0350. The monoisotopic (exact) mass is 262 g/mol. The van der Waals surface area contributed by atoms with Crippen LogP contribution in [0, 0.1) is 6.92 Å². The van der Waals surface area contributed by atoms with Crippen molar-refractivity contribution in [3.8, 4) is 0 Å². The standard InChI is InChI=1S/C15H26N4/c1-11(2)14-17-12(3)9-13(18-14)19-15(10-16)7-5-4-6-8-15/h9,11H,4-8,10,16H2,1-3H3,(H,17,18,19). The third-order valence-corrected chi connectivity index (χ3v) is 3.98. The molecule has 0 saturated heterocycles. The molecule has 0 aromatic carbocycles. The lowest BCUT2D eigenvalue weighted by molar-refractivity contribution is 0.330. The number of hydrogen-bond donors (Lipinski definition) is 2. The van der Waals surface area contributed by atoms with Crippen LogP contribution in [0.3, 0.4) is 0 Å². The van der Waals surface area contributed by atoms with Gasteiger partial charge in [-0.3, -0.25) is 0 Å². The van der Waals surface area contributed by atoms with E-state index < -0.39 is 0 Å². The summed E-state index contributed by atoms with van der Waals surface area (Å²) >= 11 is 0. The van der Waals surface area contributed by atoms with Crippen molar-refractivity contribution >= 4 is 5.82 Å². The Bertz CT molecular complexity index is 422. The first-order valence-electron chi connectivity index (χ1n) is 7.38. The maximum Gasteiger partial charge on any atom is 0.133 e. The van der Waals surface area contributed by atoms with E-state index in [1.54, 1.807) is 0 Å². The highest BCUT2D eigenvalue weighted by atomic mass is 15.1. The Morgan fingerprint density at radius 3 is 2.53 bits per heavy atom. The van der Waals surface area contributed by atoms with Gasteiger partial charge in [0.05, 0.1) is 5.54 Å². The summed E-state index contributed by atoms with van der Waals surface area (Å²) in [7, 11) is 0. The molecule has 0 spiro atoms. The summed E-state index contributed by atoms with van der Waals surface area (Å²) in [6, 6.07) is 2.03. The van der Waals surface area contributed by atoms with Crippen molar-refractivity contribution in [3.63, 3.8) is 0 Å². The Morgan fingerprint density at radius 1 is 1.26 bits per heavy atom. The van der Waals surface area contributed by atoms with E-state index in [-0.39, 0.29) is 5.54 Å². The molecule has 0 aliphatic heterocycles. The zero-order valence-electron chi connectivity index (χ0n) is 12.4. The molecule has 1 aromatic rings. The molecule has 1 aromatic heterocycles. The van der Waals surface area contributed by atoms with Gasteiger partial charge in [-0.05, 0) is 19.8 Å². The summed E-state index contributed by atoms with van der Waals surface area (Å²) in [5, 5.41) is 3.60. The van der Waals surface area contributed by atoms with Crippen molar-refractivity contribution in [2.24, 2.45) is 5.73 Å². The molecule has 3 N–H and O–H groups in total. The van der Waals surface area contributed by atoms with Crippen LogP contribution < -0.4 is 11.1 Å². The van der Waals surface area contributed by atoms with E-state index in [4.69, 9.17) is 5.73 Å². The van der Waals surface area contributed by atoms with E-state index >= 15 is 0 Å². The molecule has 0 radical (unpaired) electrons. The van der Waals surface area contributed by atoms with Crippen LogP contribution in [0.5, 0.6) is 0 Å². The van der Waals surface area contributed by atoms with Crippen molar-refractivity contribution in [2.75, 3.05) is 11.9 Å². The van der Waals surface area contributed by atoms with Gasteiger partial charge in [0, 0.05) is 24.2 Å². The molecule has 19 heavy (non-hydrogen) atoms. The topological polar surface area (TPSA) is 63.8 Å². The van der Waals surface area contributed by atoms with E-state index in [2.05, 4.69) is 29.1 Å². The Labute approximate surface area is 116 Å². The lowest BCUT2D eigenvalue weighted by Crippen LogP contribution is -2.47. The number of nitrogens with two attached hydrogens (primary N) is 1. The fourth-order valence-electron chi connectivity index (χ4n) is 2.79. The first-order chi connectivity index (χ1) is 9.04. The highest BCUT2D eigenvalue weighted by molar-refractivity contribution is 5.40. The second-order valence-electron chi connectivity index (χ2n) is 6.08. The second-order valence-corrected chi connectivity index (χ2v) is 6.08. The maximum absolute atomic E-state index is 6.02. The molecule has 4 heteroatoms. The molecule has 0 amide bonds. The molecule has 1 aliphatic carbocycles. The van der Waals surface area contributed by atoms with Gasteiger partial charge in [0.25, 0.3) is 0 Å². The van der Waals surface area contributed by atoms with E-state index in [0.29, 0.717) is 12.5 Å². The lowest BCUT2D eigenvalue weighted by atomic mass is 9.81. The lowest BCUT2D eigenvalue weighted by Gasteiger charge is -2.37. The van der Waals surface area contributed by atoms with Crippen LogP contribution in [-0.2, 0) is 0 Å². The molecule has 1 aliphatic rings. The van der Waals surface area contributed by atoms with Gasteiger partial charge in [0.15, 0.2) is 0 Å². The Hall–Kier alpha value is -1.16. The van der Waals surface area contributed by atoms with Gasteiger partial charge >= 0.3 is 0 Å². The Balaban J connectivity index is 2.21. The molecular weight excluding hydrogens is 236 g/mol. The normalized spacial score (nSPS) is 18.6. The van der Waals surface area contributed by atoms with Crippen LogP contribution >= 0.6 is 0 Å². The third-order valence-electron chi connectivity index (χ3n) is 3.98. The van der Waals surface area contributed by atoms with E-state index in [0.717, 1.165) is 30.2 Å². The predicted molar refractivity (Wildman–Crippen MR) is 79.4 cm³/mol. The first-order valence-corrected chi connectivity index (χ1v) is 7.38. The predicted octanol–water partition coefficient (Wildman–Crippen LogP) is 2.98. The minimum absolute atomic E-state index is 0.0350. The maximum atomic E-state index is 6.02. The van der Waals surface area contributed by atoms with Gasteiger partial charge < -0.3 is 11.1 Å². The highest BCUT2D eigenvalue weighted by Gasteiger charge is 2.30. The van der Waals surface area contributed by atoms with Gasteiger partial charge in [-0.15, -0.1) is 0 Å². The van der Waals surface area contributed by atoms with E-state index in [1.807, 2.05) is 13.0 Å². The summed E-state index contributed by atoms with van der Waals surface area (Å²) < 4.78 is 0. The molecule has 2 rings (SSSR count). The number of anilines is 1. The number of nitrogens with one attached hydrogen (secondary N) is 1. The molecule has 106 valence electrons. The van der Waals surface area contributed by atoms with E-state index in [1.165, 1.54) is 19.3 Å². The van der Waals surface area contributed by atoms with Crippen molar-refractivity contribution in [2.45, 2.75) is 64.3 Å². The van der Waals surface area contributed by atoms with Crippen LogP contribution in [0.4, 0.5) is 5.82 Å². The van der Waals surface area contributed by atoms with Gasteiger partial charge in [0.2, 0.25) is 0 Å². The summed E-state index contributed by atoms with van der Waals surface area (Å²) in [5.41, 5.74) is 7.07. The van der Waals surface area contributed by atoms with Crippen LogP contribution in [0.1, 0.15) is 63.4 Å². The van der Waals surface area contributed by atoms with E-state index in [9.17, 15) is 0 Å². The first kappa shape index (κ1) is 14.3. The minimum Gasteiger partial charge on any atom is -0.363 e. The van der Waals surface area contributed by atoms with Crippen molar-refractivity contribution in [3.05, 3.63) is 17.6 Å². The number of aromatic nitrogens is 2. The SMILES string of the molecule is Cc1cc(NC2(CN)CCCCC2)nc(C(C)C)n1. The van der Waals surface area contributed by atoms with Gasteiger partial charge in [-0.25, -0.2) is 9.97 Å². The van der Waals surface area contributed by atoms with Crippen LogP contribution in [-0.4, -0.2) is 22.1 Å². The largest absolute Gasteiger partial charge is 0.363 e. The molecule has 1 fully saturated rings. The molecule has 4 nitrogen and oxygen atoms in total.